The minimum absolute atomic E-state index is 0.0192. The number of aryl methyl sites for hydroxylation is 2. The summed E-state index contributed by atoms with van der Waals surface area (Å²) in [5.41, 5.74) is 1.40. The Bertz CT molecular complexity index is 1060. The number of esters is 1. The molecule has 3 saturated heterocycles. The van der Waals surface area contributed by atoms with Crippen LogP contribution >= 0.6 is 15.9 Å². The predicted octanol–water partition coefficient (Wildman–Crippen LogP) is 2.29. The minimum atomic E-state index is -1.21. The predicted molar refractivity (Wildman–Crippen MR) is 134 cm³/mol. The van der Waals surface area contributed by atoms with Gasteiger partial charge in [-0.05, 0) is 37.5 Å². The van der Waals surface area contributed by atoms with E-state index < -0.39 is 35.6 Å². The number of halogens is 1. The number of benzene rings is 1. The number of anilines is 1. The van der Waals surface area contributed by atoms with Gasteiger partial charge in [0.05, 0.1) is 24.5 Å². The van der Waals surface area contributed by atoms with Gasteiger partial charge in [0.1, 0.15) is 18.2 Å². The molecular formula is C26H31BrN2O6. The van der Waals surface area contributed by atoms with E-state index in [-0.39, 0.29) is 42.9 Å². The molecular weight excluding hydrogens is 516 g/mol. The van der Waals surface area contributed by atoms with E-state index in [4.69, 9.17) is 9.47 Å². The number of aliphatic hydroxyl groups excluding tert-OH is 1. The molecule has 1 aromatic rings. The molecule has 0 saturated carbocycles. The molecule has 35 heavy (non-hydrogen) atoms. The van der Waals surface area contributed by atoms with E-state index >= 15 is 0 Å². The second-order valence-electron chi connectivity index (χ2n) is 9.36. The maximum absolute atomic E-state index is 14.3. The Labute approximate surface area is 213 Å². The summed E-state index contributed by atoms with van der Waals surface area (Å²) in [6.45, 7) is 11.1. The van der Waals surface area contributed by atoms with Gasteiger partial charge in [-0.15, -0.1) is 6.58 Å². The molecule has 3 aliphatic heterocycles. The zero-order chi connectivity index (χ0) is 25.5. The molecule has 2 bridgehead atoms. The van der Waals surface area contributed by atoms with Crippen molar-refractivity contribution >= 4 is 39.4 Å². The van der Waals surface area contributed by atoms with Gasteiger partial charge in [0.15, 0.2) is 0 Å². The third-order valence-corrected chi connectivity index (χ3v) is 8.06. The Kier molecular flexibility index (Phi) is 7.22. The van der Waals surface area contributed by atoms with Crippen molar-refractivity contribution in [2.45, 2.75) is 42.8 Å². The summed E-state index contributed by atoms with van der Waals surface area (Å²) in [6.07, 6.45) is 2.89. The first-order chi connectivity index (χ1) is 16.7. The standard InChI is InChI=1S/C26H31BrN2O6/c1-5-9-28(18-13-15(3)7-8-16(18)4)24(32)22-26-14-17(27)21(35-26)19(25(33)34-12-6-2)20(26)23(31)29(22)10-11-30/h5-8,13,17,19-22,30H,1-2,9-12,14H2,3-4H3/t17?,19-,20-,21-,22?,26?/m0/s1. The first-order valence-electron chi connectivity index (χ1n) is 11.7. The maximum atomic E-state index is 14.3. The summed E-state index contributed by atoms with van der Waals surface area (Å²) in [5, 5.41) is 9.77. The number of hydrogen-bond acceptors (Lipinski definition) is 6. The lowest BCUT2D eigenvalue weighted by atomic mass is 9.70. The van der Waals surface area contributed by atoms with Gasteiger partial charge in [-0.1, -0.05) is 46.8 Å². The first kappa shape index (κ1) is 25.6. The minimum Gasteiger partial charge on any atom is -0.461 e. The average molecular weight is 547 g/mol. The number of rotatable bonds is 9. The summed E-state index contributed by atoms with van der Waals surface area (Å²) in [5.74, 6) is -2.98. The van der Waals surface area contributed by atoms with Crippen molar-refractivity contribution in [3.05, 3.63) is 54.6 Å². The molecule has 3 aliphatic rings. The molecule has 8 nitrogen and oxygen atoms in total. The van der Waals surface area contributed by atoms with Crippen molar-refractivity contribution in [3.8, 4) is 0 Å². The third kappa shape index (κ3) is 4.03. The number of hydrogen-bond donors (Lipinski definition) is 1. The van der Waals surface area contributed by atoms with E-state index in [1.807, 2.05) is 32.0 Å². The Balaban J connectivity index is 1.79. The topological polar surface area (TPSA) is 96.4 Å². The molecule has 3 fully saturated rings. The van der Waals surface area contributed by atoms with Gasteiger partial charge in [0, 0.05) is 23.6 Å². The number of nitrogens with zero attached hydrogens (tertiary/aromatic N) is 2. The van der Waals surface area contributed by atoms with Crippen molar-refractivity contribution in [1.29, 1.82) is 0 Å². The number of aliphatic hydroxyl groups is 1. The second kappa shape index (κ2) is 9.87. The largest absolute Gasteiger partial charge is 0.461 e. The Morgan fingerprint density at radius 1 is 1.34 bits per heavy atom. The molecule has 1 N–H and O–H groups in total. The average Bonchev–Trinajstić information content (AvgIpc) is 3.41. The zero-order valence-corrected chi connectivity index (χ0v) is 21.6. The van der Waals surface area contributed by atoms with Gasteiger partial charge in [0.25, 0.3) is 5.91 Å². The third-order valence-electron chi connectivity index (χ3n) is 7.21. The molecule has 9 heteroatoms. The number of ether oxygens (including phenoxy) is 2. The number of β-amino-alcohol motifs (C(OH)–C–C–N with tert-alkyl or cyclic N) is 1. The summed E-state index contributed by atoms with van der Waals surface area (Å²) in [6, 6.07) is 4.83. The molecule has 0 aliphatic carbocycles. The fraction of sp³-hybridized carbons (Fsp3) is 0.500. The van der Waals surface area contributed by atoms with Crippen molar-refractivity contribution in [2.24, 2.45) is 11.8 Å². The van der Waals surface area contributed by atoms with E-state index in [2.05, 4.69) is 29.1 Å². The van der Waals surface area contributed by atoms with E-state index in [0.717, 1.165) is 16.8 Å². The van der Waals surface area contributed by atoms with Gasteiger partial charge in [-0.3, -0.25) is 14.4 Å². The molecule has 188 valence electrons. The fourth-order valence-electron chi connectivity index (χ4n) is 5.86. The molecule has 0 aromatic heterocycles. The highest BCUT2D eigenvalue weighted by atomic mass is 79.9. The van der Waals surface area contributed by atoms with Crippen molar-refractivity contribution < 1.29 is 29.0 Å². The van der Waals surface area contributed by atoms with Crippen LogP contribution in [-0.2, 0) is 23.9 Å². The summed E-state index contributed by atoms with van der Waals surface area (Å²) >= 11 is 3.62. The quantitative estimate of drug-likeness (QED) is 0.290. The number of amides is 2. The fourth-order valence-corrected chi connectivity index (χ4v) is 6.80. The lowest BCUT2D eigenvalue weighted by molar-refractivity contribution is -0.153. The number of alkyl halides is 1. The van der Waals surface area contributed by atoms with Crippen LogP contribution in [0.3, 0.4) is 0 Å². The van der Waals surface area contributed by atoms with Crippen LogP contribution in [0.4, 0.5) is 5.69 Å². The van der Waals surface area contributed by atoms with Crippen LogP contribution in [0, 0.1) is 25.7 Å². The van der Waals surface area contributed by atoms with Crippen LogP contribution in [0.5, 0.6) is 0 Å². The number of fused-ring (bicyclic) bond motifs is 1. The van der Waals surface area contributed by atoms with Crippen molar-refractivity contribution in [3.63, 3.8) is 0 Å². The van der Waals surface area contributed by atoms with Crippen LogP contribution < -0.4 is 4.90 Å². The molecule has 3 heterocycles. The Morgan fingerprint density at radius 3 is 2.74 bits per heavy atom. The van der Waals surface area contributed by atoms with Gasteiger partial charge in [0.2, 0.25) is 5.91 Å². The Morgan fingerprint density at radius 2 is 2.09 bits per heavy atom. The SMILES string of the molecule is C=CCOC(=O)[C@H]1[C@H]2C(=O)N(CCO)C(C(=O)N(CC=C)c3cc(C)ccc3C)C23CC(Br)[C@@H]1O3. The summed E-state index contributed by atoms with van der Waals surface area (Å²) in [7, 11) is 0. The highest BCUT2D eigenvalue weighted by Gasteiger charge is 2.77. The van der Waals surface area contributed by atoms with Gasteiger partial charge >= 0.3 is 5.97 Å². The molecule has 1 aromatic carbocycles. The molecule has 4 rings (SSSR count). The van der Waals surface area contributed by atoms with Gasteiger partial charge in [-0.2, -0.15) is 0 Å². The van der Waals surface area contributed by atoms with Crippen molar-refractivity contribution in [1.82, 2.24) is 4.90 Å². The Hall–Kier alpha value is -2.49. The van der Waals surface area contributed by atoms with E-state index in [9.17, 15) is 19.5 Å². The van der Waals surface area contributed by atoms with Crippen LogP contribution in [-0.4, -0.2) is 76.7 Å². The maximum Gasteiger partial charge on any atom is 0.312 e. The molecule has 2 amide bonds. The van der Waals surface area contributed by atoms with E-state index in [1.165, 1.54) is 11.0 Å². The lowest BCUT2D eigenvalue weighted by Crippen LogP contribution is -2.57. The lowest BCUT2D eigenvalue weighted by Gasteiger charge is -2.37. The van der Waals surface area contributed by atoms with Crippen LogP contribution in [0.1, 0.15) is 17.5 Å². The summed E-state index contributed by atoms with van der Waals surface area (Å²) < 4.78 is 11.7. The van der Waals surface area contributed by atoms with Crippen LogP contribution in [0.2, 0.25) is 0 Å². The van der Waals surface area contributed by atoms with Crippen molar-refractivity contribution in [2.75, 3.05) is 31.2 Å². The zero-order valence-electron chi connectivity index (χ0n) is 20.0. The number of carbonyl (C=O) groups is 3. The monoisotopic (exact) mass is 546 g/mol. The first-order valence-corrected chi connectivity index (χ1v) is 12.6. The smallest absolute Gasteiger partial charge is 0.312 e. The molecule has 0 radical (unpaired) electrons. The highest BCUT2D eigenvalue weighted by Crippen LogP contribution is 2.60. The van der Waals surface area contributed by atoms with Crippen LogP contribution in [0.25, 0.3) is 0 Å². The molecule has 6 atom stereocenters. The normalized spacial score (nSPS) is 30.8. The van der Waals surface area contributed by atoms with Crippen LogP contribution in [0.15, 0.2) is 43.5 Å². The number of likely N-dealkylation sites (tertiary alicyclic amines) is 1. The van der Waals surface area contributed by atoms with E-state index in [1.54, 1.807) is 11.0 Å². The van der Waals surface area contributed by atoms with E-state index in [0.29, 0.717) is 6.42 Å². The second-order valence-corrected chi connectivity index (χ2v) is 10.5. The number of carbonyl (C=O) groups excluding carboxylic acids is 3. The molecule has 3 unspecified atom stereocenters. The summed E-state index contributed by atoms with van der Waals surface area (Å²) in [4.78, 5) is 43.8. The van der Waals surface area contributed by atoms with Gasteiger partial charge in [-0.25, -0.2) is 0 Å². The van der Waals surface area contributed by atoms with Gasteiger partial charge < -0.3 is 24.4 Å². The highest BCUT2D eigenvalue weighted by molar-refractivity contribution is 9.09. The molecule has 1 spiro atoms.